The van der Waals surface area contributed by atoms with Crippen molar-refractivity contribution in [3.63, 3.8) is 0 Å². The number of carbonyl (C=O) groups is 3. The zero-order valence-electron chi connectivity index (χ0n) is 17.4. The lowest BCUT2D eigenvalue weighted by molar-refractivity contribution is -0.143. The Hall–Kier alpha value is -3.46. The largest absolute Gasteiger partial charge is 0.494 e. The van der Waals surface area contributed by atoms with Gasteiger partial charge in [0.2, 0.25) is 0 Å². The van der Waals surface area contributed by atoms with E-state index in [4.69, 9.17) is 14.2 Å². The van der Waals surface area contributed by atoms with E-state index in [9.17, 15) is 14.4 Å². The predicted molar refractivity (Wildman–Crippen MR) is 115 cm³/mol. The van der Waals surface area contributed by atoms with Crippen molar-refractivity contribution in [2.45, 2.75) is 20.4 Å². The minimum absolute atomic E-state index is 0.110. The number of methoxy groups -OCH3 is 1. The number of fused-ring (bicyclic) bond motifs is 1. The monoisotopic (exact) mass is 442 g/mol. The number of thiazole rings is 1. The Morgan fingerprint density at radius 3 is 2.35 bits per heavy atom. The van der Waals surface area contributed by atoms with Crippen LogP contribution in [0.1, 0.15) is 34.6 Å². The second-order valence-corrected chi connectivity index (χ2v) is 7.33. The highest BCUT2D eigenvalue weighted by molar-refractivity contribution is 7.16. The van der Waals surface area contributed by atoms with Crippen LogP contribution in [0.3, 0.4) is 0 Å². The molecule has 8 nitrogen and oxygen atoms in total. The fourth-order valence-corrected chi connectivity index (χ4v) is 3.97. The van der Waals surface area contributed by atoms with Gasteiger partial charge in [0.15, 0.2) is 4.80 Å². The van der Waals surface area contributed by atoms with E-state index in [1.165, 1.54) is 18.4 Å². The fourth-order valence-electron chi connectivity index (χ4n) is 2.90. The lowest BCUT2D eigenvalue weighted by atomic mass is 10.2. The van der Waals surface area contributed by atoms with Crippen molar-refractivity contribution < 1.29 is 28.6 Å². The van der Waals surface area contributed by atoms with Crippen LogP contribution in [-0.4, -0.2) is 42.7 Å². The molecule has 162 valence electrons. The van der Waals surface area contributed by atoms with Gasteiger partial charge in [0.1, 0.15) is 12.3 Å². The van der Waals surface area contributed by atoms with Gasteiger partial charge in [-0.15, -0.1) is 0 Å². The van der Waals surface area contributed by atoms with Gasteiger partial charge in [-0.2, -0.15) is 4.99 Å². The molecule has 3 rings (SSSR count). The van der Waals surface area contributed by atoms with Crippen molar-refractivity contribution in [3.8, 4) is 5.75 Å². The molecule has 0 N–H and O–H groups in total. The van der Waals surface area contributed by atoms with Crippen molar-refractivity contribution in [3.05, 3.63) is 58.4 Å². The first-order chi connectivity index (χ1) is 15.0. The van der Waals surface area contributed by atoms with Gasteiger partial charge >= 0.3 is 11.9 Å². The minimum atomic E-state index is -0.476. The SMILES string of the molecule is CCOC(=O)Cn1c(=NC(=O)c2ccc(OCC)cc2)sc2cc(C(=O)OC)ccc21. The summed E-state index contributed by atoms with van der Waals surface area (Å²) in [7, 11) is 1.30. The molecule has 31 heavy (non-hydrogen) atoms. The lowest BCUT2D eigenvalue weighted by Gasteiger charge is -2.06. The number of hydrogen-bond acceptors (Lipinski definition) is 7. The van der Waals surface area contributed by atoms with Gasteiger partial charge in [-0.1, -0.05) is 11.3 Å². The molecular formula is C22H22N2O6S. The molecule has 1 amide bonds. The molecule has 0 saturated carbocycles. The molecule has 1 heterocycles. The summed E-state index contributed by atoms with van der Waals surface area (Å²) in [6.07, 6.45) is 0. The van der Waals surface area contributed by atoms with Crippen LogP contribution in [0.25, 0.3) is 10.2 Å². The van der Waals surface area contributed by atoms with E-state index in [1.807, 2.05) is 6.92 Å². The molecule has 0 spiro atoms. The third-order valence-electron chi connectivity index (χ3n) is 4.31. The van der Waals surface area contributed by atoms with Gasteiger partial charge in [-0.3, -0.25) is 9.59 Å². The van der Waals surface area contributed by atoms with Gasteiger partial charge in [-0.25, -0.2) is 4.79 Å². The first-order valence-corrected chi connectivity index (χ1v) is 10.5. The van der Waals surface area contributed by atoms with Crippen molar-refractivity contribution in [1.29, 1.82) is 0 Å². The number of ether oxygens (including phenoxy) is 3. The van der Waals surface area contributed by atoms with Crippen LogP contribution >= 0.6 is 11.3 Å². The molecule has 2 aromatic carbocycles. The predicted octanol–water partition coefficient (Wildman–Crippen LogP) is 3.19. The first kappa shape index (κ1) is 22.2. The highest BCUT2D eigenvalue weighted by Gasteiger charge is 2.15. The number of nitrogens with zero attached hydrogens (tertiary/aromatic N) is 2. The summed E-state index contributed by atoms with van der Waals surface area (Å²) in [5.41, 5.74) is 1.41. The number of hydrogen-bond donors (Lipinski definition) is 0. The Kier molecular flexibility index (Phi) is 7.19. The van der Waals surface area contributed by atoms with Crippen LogP contribution in [-0.2, 0) is 20.8 Å². The summed E-state index contributed by atoms with van der Waals surface area (Å²) >= 11 is 1.20. The zero-order valence-corrected chi connectivity index (χ0v) is 18.2. The third kappa shape index (κ3) is 5.18. The molecule has 0 bridgehead atoms. The van der Waals surface area contributed by atoms with Crippen LogP contribution in [0.2, 0.25) is 0 Å². The van der Waals surface area contributed by atoms with Crippen LogP contribution < -0.4 is 9.54 Å². The maximum absolute atomic E-state index is 12.7. The summed E-state index contributed by atoms with van der Waals surface area (Å²) in [6.45, 7) is 4.26. The minimum Gasteiger partial charge on any atom is -0.494 e. The van der Waals surface area contributed by atoms with Crippen molar-refractivity contribution in [2.24, 2.45) is 4.99 Å². The maximum atomic E-state index is 12.7. The Bertz CT molecular complexity index is 1180. The van der Waals surface area contributed by atoms with Gasteiger partial charge in [0.05, 0.1) is 36.1 Å². The van der Waals surface area contributed by atoms with Crippen LogP contribution in [0.5, 0.6) is 5.75 Å². The number of amides is 1. The molecule has 1 aromatic heterocycles. The molecule has 0 saturated heterocycles. The average Bonchev–Trinajstić information content (AvgIpc) is 3.10. The first-order valence-electron chi connectivity index (χ1n) is 9.66. The normalized spacial score (nSPS) is 11.4. The summed E-state index contributed by atoms with van der Waals surface area (Å²) in [5.74, 6) is -0.723. The van der Waals surface area contributed by atoms with Gasteiger partial charge in [0, 0.05) is 5.56 Å². The zero-order chi connectivity index (χ0) is 22.4. The Labute approximate surface area is 182 Å². The van der Waals surface area contributed by atoms with Gasteiger partial charge in [-0.05, 0) is 56.3 Å². The standard InChI is InChI=1S/C22H22N2O6S/c1-4-29-16-9-6-14(7-10-16)20(26)23-22-24(13-19(25)30-5-2)17-11-8-15(21(27)28-3)12-18(17)31-22/h6-12H,4-5,13H2,1-3H3. The average molecular weight is 442 g/mol. The molecule has 0 unspecified atom stereocenters. The molecule has 3 aromatic rings. The number of aromatic nitrogens is 1. The fraction of sp³-hybridized carbons (Fsp3) is 0.273. The van der Waals surface area contributed by atoms with Gasteiger partial charge < -0.3 is 18.8 Å². The Balaban J connectivity index is 2.06. The number of esters is 2. The molecule has 0 fully saturated rings. The Morgan fingerprint density at radius 1 is 1.00 bits per heavy atom. The molecule has 0 aliphatic carbocycles. The highest BCUT2D eigenvalue weighted by Crippen LogP contribution is 2.20. The highest BCUT2D eigenvalue weighted by atomic mass is 32.1. The number of carbonyl (C=O) groups excluding carboxylic acids is 3. The number of benzene rings is 2. The Morgan fingerprint density at radius 2 is 1.71 bits per heavy atom. The molecule has 0 radical (unpaired) electrons. The lowest BCUT2D eigenvalue weighted by Crippen LogP contribution is -2.23. The molecule has 0 atom stereocenters. The van der Waals surface area contributed by atoms with E-state index in [0.29, 0.717) is 38.5 Å². The van der Waals surface area contributed by atoms with Crippen molar-refractivity contribution in [2.75, 3.05) is 20.3 Å². The van der Waals surface area contributed by atoms with Crippen molar-refractivity contribution >= 4 is 39.4 Å². The molecule has 0 aliphatic heterocycles. The summed E-state index contributed by atoms with van der Waals surface area (Å²) < 4.78 is 17.5. The van der Waals surface area contributed by atoms with Crippen molar-refractivity contribution in [1.82, 2.24) is 4.57 Å². The van der Waals surface area contributed by atoms with E-state index in [1.54, 1.807) is 54.0 Å². The van der Waals surface area contributed by atoms with E-state index < -0.39 is 17.8 Å². The second-order valence-electron chi connectivity index (χ2n) is 6.32. The molecular weight excluding hydrogens is 420 g/mol. The summed E-state index contributed by atoms with van der Waals surface area (Å²) in [4.78, 5) is 41.3. The summed E-state index contributed by atoms with van der Waals surface area (Å²) in [6, 6.07) is 11.6. The smallest absolute Gasteiger partial charge is 0.337 e. The van der Waals surface area contributed by atoms with E-state index >= 15 is 0 Å². The quantitative estimate of drug-likeness (QED) is 0.522. The van der Waals surface area contributed by atoms with E-state index in [-0.39, 0.29) is 13.2 Å². The van der Waals surface area contributed by atoms with E-state index in [0.717, 1.165) is 0 Å². The van der Waals surface area contributed by atoms with Gasteiger partial charge in [0.25, 0.3) is 5.91 Å². The third-order valence-corrected chi connectivity index (χ3v) is 5.35. The number of rotatable bonds is 7. The van der Waals surface area contributed by atoms with Crippen LogP contribution in [0.15, 0.2) is 47.5 Å². The van der Waals surface area contributed by atoms with E-state index in [2.05, 4.69) is 4.99 Å². The maximum Gasteiger partial charge on any atom is 0.337 e. The molecule has 0 aliphatic rings. The van der Waals surface area contributed by atoms with Crippen LogP contribution in [0.4, 0.5) is 0 Å². The summed E-state index contributed by atoms with van der Waals surface area (Å²) in [5, 5.41) is 0. The second kappa shape index (κ2) is 10.0. The molecule has 9 heteroatoms. The van der Waals surface area contributed by atoms with Crippen LogP contribution in [0, 0.1) is 0 Å². The topological polar surface area (TPSA) is 96.2 Å².